The molecule has 0 N–H and O–H groups in total. The summed E-state index contributed by atoms with van der Waals surface area (Å²) in [4.78, 5) is 0. The highest BCUT2D eigenvalue weighted by molar-refractivity contribution is 7.11. The standard InChI is InChI=1S/C17H21N2O3S/c1-6-9-19-17(23-12(2)18-19)8-7-14-15(21-4)10-13(20-3)11-16(14)22-5/h6-8,10-11H,1,9H2,2-5H3/q+1. The molecule has 1 aromatic carbocycles. The molecule has 1 aromatic heterocycles. The molecule has 5 nitrogen and oxygen atoms in total. The molecule has 0 atom stereocenters. The molecule has 0 aliphatic heterocycles. The molecule has 0 radical (unpaired) electrons. The van der Waals surface area contributed by atoms with E-state index in [2.05, 4.69) is 11.7 Å². The number of aryl methyl sites for hydroxylation is 1. The number of allylic oxidation sites excluding steroid dienone is 1. The van der Waals surface area contributed by atoms with E-state index in [0.717, 1.165) is 15.6 Å². The average Bonchev–Trinajstić information content (AvgIpc) is 2.91. The van der Waals surface area contributed by atoms with Crippen molar-refractivity contribution in [3.05, 3.63) is 40.4 Å². The van der Waals surface area contributed by atoms with Gasteiger partial charge in [0.25, 0.3) is 5.01 Å². The van der Waals surface area contributed by atoms with Gasteiger partial charge in [0.2, 0.25) is 0 Å². The first kappa shape index (κ1) is 17.0. The predicted molar refractivity (Wildman–Crippen MR) is 92.3 cm³/mol. The smallest absolute Gasteiger partial charge is 0.289 e. The minimum absolute atomic E-state index is 0.668. The number of methoxy groups -OCH3 is 3. The lowest BCUT2D eigenvalue weighted by atomic mass is 10.1. The molecular weight excluding hydrogens is 312 g/mol. The van der Waals surface area contributed by atoms with Gasteiger partial charge in [-0.05, 0) is 30.4 Å². The van der Waals surface area contributed by atoms with Crippen LogP contribution in [0.3, 0.4) is 0 Å². The van der Waals surface area contributed by atoms with Crippen LogP contribution in [0.1, 0.15) is 15.6 Å². The van der Waals surface area contributed by atoms with Gasteiger partial charge < -0.3 is 14.2 Å². The van der Waals surface area contributed by atoms with Crippen LogP contribution in [-0.2, 0) is 6.54 Å². The summed E-state index contributed by atoms with van der Waals surface area (Å²) in [5, 5.41) is 6.49. The Labute approximate surface area is 140 Å². The van der Waals surface area contributed by atoms with Gasteiger partial charge in [-0.25, -0.2) is 0 Å². The fourth-order valence-corrected chi connectivity index (χ4v) is 2.97. The maximum Gasteiger partial charge on any atom is 0.289 e. The first-order valence-corrected chi connectivity index (χ1v) is 7.91. The van der Waals surface area contributed by atoms with Crippen LogP contribution < -0.4 is 18.9 Å². The van der Waals surface area contributed by atoms with E-state index >= 15 is 0 Å². The Hall–Kier alpha value is -2.34. The molecule has 0 aliphatic rings. The normalized spacial score (nSPS) is 10.8. The lowest BCUT2D eigenvalue weighted by Gasteiger charge is -2.12. The first-order chi connectivity index (χ1) is 11.1. The SMILES string of the molecule is C=CC[n+]1nc(C)sc1C=Cc1c(OC)cc(OC)cc1OC. The summed E-state index contributed by atoms with van der Waals surface area (Å²) < 4.78 is 18.1. The van der Waals surface area contributed by atoms with E-state index < -0.39 is 0 Å². The van der Waals surface area contributed by atoms with Crippen molar-refractivity contribution in [2.24, 2.45) is 0 Å². The van der Waals surface area contributed by atoms with E-state index in [0.29, 0.717) is 23.8 Å². The minimum atomic E-state index is 0.668. The van der Waals surface area contributed by atoms with Crippen molar-refractivity contribution in [2.45, 2.75) is 13.5 Å². The highest BCUT2D eigenvalue weighted by Crippen LogP contribution is 2.35. The van der Waals surface area contributed by atoms with E-state index in [1.807, 2.05) is 42.0 Å². The largest absolute Gasteiger partial charge is 0.496 e. The molecule has 0 saturated heterocycles. The Morgan fingerprint density at radius 2 is 1.78 bits per heavy atom. The van der Waals surface area contributed by atoms with Crippen LogP contribution in [0.4, 0.5) is 0 Å². The monoisotopic (exact) mass is 333 g/mol. The number of benzene rings is 1. The number of rotatable bonds is 7. The second kappa shape index (κ2) is 7.78. The quantitative estimate of drug-likeness (QED) is 0.577. The second-order valence-electron chi connectivity index (χ2n) is 4.71. The van der Waals surface area contributed by atoms with Gasteiger partial charge in [0.1, 0.15) is 17.2 Å². The molecular formula is C17H21N2O3S+. The second-order valence-corrected chi connectivity index (χ2v) is 5.92. The predicted octanol–water partition coefficient (Wildman–Crippen LogP) is 3.12. The molecule has 0 unspecified atom stereocenters. The molecule has 23 heavy (non-hydrogen) atoms. The van der Waals surface area contributed by atoms with Crippen LogP contribution in [0.5, 0.6) is 17.2 Å². The van der Waals surface area contributed by atoms with Gasteiger partial charge in [0, 0.05) is 23.3 Å². The summed E-state index contributed by atoms with van der Waals surface area (Å²) in [6.07, 6.45) is 5.79. The molecule has 0 spiro atoms. The lowest BCUT2D eigenvalue weighted by molar-refractivity contribution is -0.741. The minimum Gasteiger partial charge on any atom is -0.496 e. The molecule has 1 heterocycles. The fraction of sp³-hybridized carbons (Fsp3) is 0.294. The summed E-state index contributed by atoms with van der Waals surface area (Å²) in [7, 11) is 4.86. The number of hydrogen-bond acceptors (Lipinski definition) is 5. The van der Waals surface area contributed by atoms with Gasteiger partial charge in [-0.1, -0.05) is 11.3 Å². The van der Waals surface area contributed by atoms with Crippen LogP contribution >= 0.6 is 11.3 Å². The van der Waals surface area contributed by atoms with Gasteiger partial charge in [0.15, 0.2) is 11.6 Å². The Kier molecular flexibility index (Phi) is 5.76. The van der Waals surface area contributed by atoms with Gasteiger partial charge >= 0.3 is 0 Å². The van der Waals surface area contributed by atoms with E-state index in [9.17, 15) is 0 Å². The first-order valence-electron chi connectivity index (χ1n) is 7.09. The van der Waals surface area contributed by atoms with Gasteiger partial charge in [0.05, 0.1) is 26.9 Å². The van der Waals surface area contributed by atoms with Crippen molar-refractivity contribution in [1.82, 2.24) is 5.10 Å². The highest BCUT2D eigenvalue weighted by Gasteiger charge is 2.15. The number of nitrogens with zero attached hydrogens (tertiary/aromatic N) is 2. The van der Waals surface area contributed by atoms with Crippen LogP contribution in [-0.4, -0.2) is 26.4 Å². The van der Waals surface area contributed by atoms with Gasteiger partial charge in [-0.15, -0.1) is 0 Å². The summed E-state index contributed by atoms with van der Waals surface area (Å²) in [5.41, 5.74) is 0.854. The molecule has 2 rings (SSSR count). The summed E-state index contributed by atoms with van der Waals surface area (Å²) in [5.74, 6) is 2.06. The van der Waals surface area contributed by atoms with E-state index in [-0.39, 0.29) is 0 Å². The maximum atomic E-state index is 5.46. The number of ether oxygens (including phenoxy) is 3. The Morgan fingerprint density at radius 1 is 1.13 bits per heavy atom. The van der Waals surface area contributed by atoms with Gasteiger partial charge in [-0.3, -0.25) is 0 Å². The Bertz CT molecular complexity index is 698. The van der Waals surface area contributed by atoms with Crippen LogP contribution in [0.15, 0.2) is 24.8 Å². The third-order valence-corrected chi connectivity index (χ3v) is 4.15. The lowest BCUT2D eigenvalue weighted by Crippen LogP contribution is -2.37. The molecule has 0 amide bonds. The number of aromatic nitrogens is 2. The van der Waals surface area contributed by atoms with Crippen molar-refractivity contribution in [2.75, 3.05) is 21.3 Å². The highest BCUT2D eigenvalue weighted by atomic mass is 32.1. The zero-order chi connectivity index (χ0) is 16.8. The Balaban J connectivity index is 2.44. The topological polar surface area (TPSA) is 44.5 Å². The zero-order valence-corrected chi connectivity index (χ0v) is 14.6. The molecule has 0 saturated carbocycles. The molecule has 6 heteroatoms. The van der Waals surface area contributed by atoms with Gasteiger partial charge in [-0.2, -0.15) is 0 Å². The van der Waals surface area contributed by atoms with Crippen molar-refractivity contribution >= 4 is 23.5 Å². The third-order valence-electron chi connectivity index (χ3n) is 3.22. The van der Waals surface area contributed by atoms with Crippen molar-refractivity contribution in [1.29, 1.82) is 0 Å². The summed E-state index contributed by atoms with van der Waals surface area (Å²) >= 11 is 1.62. The molecule has 0 aliphatic carbocycles. The molecule has 0 bridgehead atoms. The van der Waals surface area contributed by atoms with Crippen LogP contribution in [0.25, 0.3) is 12.2 Å². The zero-order valence-electron chi connectivity index (χ0n) is 13.8. The van der Waals surface area contributed by atoms with E-state index in [1.165, 1.54) is 0 Å². The number of hydrogen-bond donors (Lipinski definition) is 0. The summed E-state index contributed by atoms with van der Waals surface area (Å²) in [6.45, 7) is 6.41. The maximum absolute atomic E-state index is 5.46. The average molecular weight is 333 g/mol. The Morgan fingerprint density at radius 3 is 2.30 bits per heavy atom. The van der Waals surface area contributed by atoms with E-state index in [1.54, 1.807) is 32.7 Å². The van der Waals surface area contributed by atoms with Crippen LogP contribution in [0.2, 0.25) is 0 Å². The molecule has 122 valence electrons. The fourth-order valence-electron chi connectivity index (χ4n) is 2.17. The molecule has 2 aromatic rings. The third kappa shape index (κ3) is 3.90. The van der Waals surface area contributed by atoms with Crippen molar-refractivity contribution in [3.8, 4) is 17.2 Å². The van der Waals surface area contributed by atoms with Crippen LogP contribution in [0, 0.1) is 6.92 Å². The van der Waals surface area contributed by atoms with Crippen molar-refractivity contribution < 1.29 is 18.9 Å². The van der Waals surface area contributed by atoms with Crippen molar-refractivity contribution in [3.63, 3.8) is 0 Å². The van der Waals surface area contributed by atoms with E-state index in [4.69, 9.17) is 14.2 Å². The molecule has 0 fully saturated rings. The summed E-state index contributed by atoms with van der Waals surface area (Å²) in [6, 6.07) is 3.66.